The minimum Gasteiger partial charge on any atom is -0.393 e. The highest BCUT2D eigenvalue weighted by Gasteiger charge is 2.37. The first-order valence-corrected chi connectivity index (χ1v) is 5.86. The van der Waals surface area contributed by atoms with Crippen LogP contribution >= 0.6 is 0 Å². The van der Waals surface area contributed by atoms with Crippen LogP contribution < -0.4 is 5.73 Å². The molecule has 0 aliphatic heterocycles. The Bertz CT molecular complexity index is 426. The van der Waals surface area contributed by atoms with Crippen LogP contribution in [0.2, 0.25) is 0 Å². The average Bonchev–Trinajstić information content (AvgIpc) is 2.29. The summed E-state index contributed by atoms with van der Waals surface area (Å²) in [4.78, 5) is 0. The number of benzene rings is 1. The number of aliphatic hydroxyl groups is 1. The highest BCUT2D eigenvalue weighted by molar-refractivity contribution is 5.33. The van der Waals surface area contributed by atoms with Crippen molar-refractivity contribution in [2.24, 2.45) is 5.73 Å². The Morgan fingerprint density at radius 1 is 1.29 bits per heavy atom. The van der Waals surface area contributed by atoms with E-state index in [0.717, 1.165) is 0 Å². The second-order valence-electron chi connectivity index (χ2n) is 4.94. The van der Waals surface area contributed by atoms with Crippen molar-refractivity contribution in [3.63, 3.8) is 0 Å². The number of halogens is 2. The molecule has 0 unspecified atom stereocenters. The van der Waals surface area contributed by atoms with Gasteiger partial charge in [-0.3, -0.25) is 0 Å². The number of aryl methyl sites for hydroxylation is 1. The molecular formula is C13H17F2NO. The third-order valence-corrected chi connectivity index (χ3v) is 3.63. The summed E-state index contributed by atoms with van der Waals surface area (Å²) in [6, 6.07) is 2.67. The standard InChI is InChI=1S/C13H17F2NO/c1-8-2-3-10(14)11(12(8)15)13(16)6-4-9(17)5-7-13/h2-3,9,17H,4-7,16H2,1H3. The maximum Gasteiger partial charge on any atom is 0.134 e. The Morgan fingerprint density at radius 2 is 1.88 bits per heavy atom. The summed E-state index contributed by atoms with van der Waals surface area (Å²) in [5.74, 6) is -1.14. The van der Waals surface area contributed by atoms with E-state index >= 15 is 0 Å². The fourth-order valence-electron chi connectivity index (χ4n) is 2.48. The fraction of sp³-hybridized carbons (Fsp3) is 0.538. The van der Waals surface area contributed by atoms with Crippen molar-refractivity contribution in [1.29, 1.82) is 0 Å². The predicted molar refractivity (Wildman–Crippen MR) is 61.4 cm³/mol. The zero-order valence-electron chi connectivity index (χ0n) is 9.84. The van der Waals surface area contributed by atoms with Gasteiger partial charge in [-0.25, -0.2) is 8.78 Å². The van der Waals surface area contributed by atoms with Gasteiger partial charge in [0.05, 0.1) is 6.10 Å². The van der Waals surface area contributed by atoms with E-state index in [2.05, 4.69) is 0 Å². The number of aliphatic hydroxyl groups excluding tert-OH is 1. The molecular weight excluding hydrogens is 224 g/mol. The lowest BCUT2D eigenvalue weighted by atomic mass is 9.75. The number of rotatable bonds is 1. The van der Waals surface area contributed by atoms with Gasteiger partial charge in [0.1, 0.15) is 11.6 Å². The average molecular weight is 241 g/mol. The van der Waals surface area contributed by atoms with Gasteiger partial charge in [0, 0.05) is 11.1 Å². The summed E-state index contributed by atoms with van der Waals surface area (Å²) in [6.07, 6.45) is 1.39. The van der Waals surface area contributed by atoms with Crippen LogP contribution in [0.25, 0.3) is 0 Å². The van der Waals surface area contributed by atoms with E-state index in [-0.39, 0.29) is 5.56 Å². The van der Waals surface area contributed by atoms with Gasteiger partial charge in [0.15, 0.2) is 0 Å². The molecule has 0 saturated heterocycles. The zero-order valence-corrected chi connectivity index (χ0v) is 9.84. The molecule has 0 amide bonds. The van der Waals surface area contributed by atoms with Gasteiger partial charge in [-0.2, -0.15) is 0 Å². The summed E-state index contributed by atoms with van der Waals surface area (Å²) >= 11 is 0. The van der Waals surface area contributed by atoms with E-state index in [9.17, 15) is 13.9 Å². The number of hydrogen-bond acceptors (Lipinski definition) is 2. The first-order valence-electron chi connectivity index (χ1n) is 5.86. The Kier molecular flexibility index (Phi) is 3.19. The number of nitrogens with two attached hydrogens (primary N) is 1. The molecule has 1 aromatic rings. The van der Waals surface area contributed by atoms with Crippen molar-refractivity contribution in [1.82, 2.24) is 0 Å². The van der Waals surface area contributed by atoms with Crippen LogP contribution in [0.15, 0.2) is 12.1 Å². The highest BCUT2D eigenvalue weighted by Crippen LogP contribution is 2.38. The molecule has 0 atom stereocenters. The van der Waals surface area contributed by atoms with Crippen LogP contribution in [0.4, 0.5) is 8.78 Å². The highest BCUT2D eigenvalue weighted by atomic mass is 19.1. The molecule has 1 aliphatic carbocycles. The van der Waals surface area contributed by atoms with Crippen molar-refractivity contribution in [2.45, 2.75) is 44.2 Å². The molecule has 2 nitrogen and oxygen atoms in total. The summed E-state index contributed by atoms with van der Waals surface area (Å²) < 4.78 is 27.8. The lowest BCUT2D eigenvalue weighted by Gasteiger charge is -2.36. The second-order valence-corrected chi connectivity index (χ2v) is 4.94. The molecule has 4 heteroatoms. The van der Waals surface area contributed by atoms with Crippen molar-refractivity contribution < 1.29 is 13.9 Å². The zero-order chi connectivity index (χ0) is 12.6. The van der Waals surface area contributed by atoms with E-state index in [1.165, 1.54) is 12.1 Å². The first kappa shape index (κ1) is 12.5. The van der Waals surface area contributed by atoms with Crippen LogP contribution in [0, 0.1) is 18.6 Å². The van der Waals surface area contributed by atoms with Crippen LogP contribution in [0.5, 0.6) is 0 Å². The van der Waals surface area contributed by atoms with Gasteiger partial charge in [-0.05, 0) is 44.2 Å². The van der Waals surface area contributed by atoms with Gasteiger partial charge < -0.3 is 10.8 Å². The van der Waals surface area contributed by atoms with Gasteiger partial charge in [0.2, 0.25) is 0 Å². The molecule has 1 saturated carbocycles. The maximum atomic E-state index is 14.0. The monoisotopic (exact) mass is 241 g/mol. The van der Waals surface area contributed by atoms with Gasteiger partial charge in [-0.1, -0.05) is 6.07 Å². The molecule has 1 aromatic carbocycles. The van der Waals surface area contributed by atoms with Crippen molar-refractivity contribution in [3.8, 4) is 0 Å². The normalized spacial score (nSPS) is 29.4. The topological polar surface area (TPSA) is 46.2 Å². The Balaban J connectivity index is 2.43. The molecule has 0 radical (unpaired) electrons. The largest absolute Gasteiger partial charge is 0.393 e. The molecule has 0 spiro atoms. The van der Waals surface area contributed by atoms with Crippen LogP contribution in [0.3, 0.4) is 0 Å². The molecule has 0 bridgehead atoms. The Labute approximate surface area is 99.4 Å². The summed E-state index contributed by atoms with van der Waals surface area (Å²) in [5, 5.41) is 9.44. The first-order chi connectivity index (χ1) is 7.94. The molecule has 0 aromatic heterocycles. The Morgan fingerprint density at radius 3 is 2.47 bits per heavy atom. The minimum atomic E-state index is -0.987. The smallest absolute Gasteiger partial charge is 0.134 e. The van der Waals surface area contributed by atoms with E-state index in [0.29, 0.717) is 31.2 Å². The van der Waals surface area contributed by atoms with Crippen molar-refractivity contribution >= 4 is 0 Å². The van der Waals surface area contributed by atoms with E-state index in [1.54, 1.807) is 6.92 Å². The predicted octanol–water partition coefficient (Wildman–Crippen LogP) is 2.36. The third-order valence-electron chi connectivity index (χ3n) is 3.63. The van der Waals surface area contributed by atoms with Crippen LogP contribution in [0.1, 0.15) is 36.8 Å². The molecule has 1 aliphatic rings. The lowest BCUT2D eigenvalue weighted by Crippen LogP contribution is -2.43. The second kappa shape index (κ2) is 4.35. The van der Waals surface area contributed by atoms with Crippen molar-refractivity contribution in [2.75, 3.05) is 0 Å². The van der Waals surface area contributed by atoms with E-state index in [1.807, 2.05) is 0 Å². The van der Waals surface area contributed by atoms with E-state index < -0.39 is 23.3 Å². The van der Waals surface area contributed by atoms with Crippen LogP contribution in [-0.4, -0.2) is 11.2 Å². The maximum absolute atomic E-state index is 14.0. The quantitative estimate of drug-likeness (QED) is 0.793. The minimum absolute atomic E-state index is 0.0237. The molecule has 2 rings (SSSR count). The van der Waals surface area contributed by atoms with Crippen molar-refractivity contribution in [3.05, 3.63) is 34.9 Å². The summed E-state index contributed by atoms with van der Waals surface area (Å²) in [6.45, 7) is 1.60. The van der Waals surface area contributed by atoms with Gasteiger partial charge >= 0.3 is 0 Å². The molecule has 1 fully saturated rings. The number of hydrogen-bond donors (Lipinski definition) is 2. The van der Waals surface area contributed by atoms with Gasteiger partial charge in [-0.15, -0.1) is 0 Å². The third kappa shape index (κ3) is 2.19. The fourth-order valence-corrected chi connectivity index (χ4v) is 2.48. The lowest BCUT2D eigenvalue weighted by molar-refractivity contribution is 0.0943. The van der Waals surface area contributed by atoms with Gasteiger partial charge in [0.25, 0.3) is 0 Å². The molecule has 17 heavy (non-hydrogen) atoms. The molecule has 3 N–H and O–H groups in total. The molecule has 94 valence electrons. The van der Waals surface area contributed by atoms with Crippen LogP contribution in [-0.2, 0) is 5.54 Å². The SMILES string of the molecule is Cc1ccc(F)c(C2(N)CCC(O)CC2)c1F. The summed E-state index contributed by atoms with van der Waals surface area (Å²) in [5.41, 5.74) is 5.51. The summed E-state index contributed by atoms with van der Waals surface area (Å²) in [7, 11) is 0. The molecule has 0 heterocycles. The van der Waals surface area contributed by atoms with E-state index in [4.69, 9.17) is 5.73 Å². The Hall–Kier alpha value is -1.00.